The van der Waals surface area contributed by atoms with Crippen molar-refractivity contribution in [3.8, 4) is 11.5 Å². The maximum Gasteiger partial charge on any atom is 0.270 e. The Hall–Kier alpha value is -2.24. The first kappa shape index (κ1) is 11.8. The largest absolute Gasteiger partial charge is 0.493 e. The van der Waals surface area contributed by atoms with Crippen molar-refractivity contribution >= 4 is 17.8 Å². The molecule has 86 valence electrons. The van der Waals surface area contributed by atoms with Gasteiger partial charge in [0.15, 0.2) is 11.5 Å². The van der Waals surface area contributed by atoms with E-state index in [1.165, 1.54) is 14.2 Å². The highest BCUT2D eigenvalue weighted by molar-refractivity contribution is 6.31. The second kappa shape index (κ2) is 5.59. The zero-order chi connectivity index (χ0) is 12.0. The highest BCUT2D eigenvalue weighted by Crippen LogP contribution is 2.34. The number of amides is 1. The van der Waals surface area contributed by atoms with Crippen LogP contribution in [0.25, 0.3) is 0 Å². The molecular formula is C10H12N2O4. The average molecular weight is 224 g/mol. The Morgan fingerprint density at radius 3 is 2.75 bits per heavy atom. The van der Waals surface area contributed by atoms with Crippen molar-refractivity contribution in [3.05, 3.63) is 18.2 Å². The SMILES string of the molecule is COc1cccc(NC(=O)/C=N/O)c1OC. The first-order valence-electron chi connectivity index (χ1n) is 4.42. The number of carbonyl (C=O) groups is 1. The molecule has 1 rings (SSSR count). The van der Waals surface area contributed by atoms with E-state index in [2.05, 4.69) is 10.5 Å². The number of para-hydroxylation sites is 1. The number of methoxy groups -OCH3 is 2. The lowest BCUT2D eigenvalue weighted by molar-refractivity contribution is -0.110. The van der Waals surface area contributed by atoms with Gasteiger partial charge in [0, 0.05) is 0 Å². The lowest BCUT2D eigenvalue weighted by Gasteiger charge is -2.12. The van der Waals surface area contributed by atoms with Crippen LogP contribution < -0.4 is 14.8 Å². The van der Waals surface area contributed by atoms with Crippen LogP contribution in [-0.4, -0.2) is 31.5 Å². The Labute approximate surface area is 92.5 Å². The van der Waals surface area contributed by atoms with Gasteiger partial charge >= 0.3 is 0 Å². The number of ether oxygens (including phenoxy) is 2. The highest BCUT2D eigenvalue weighted by atomic mass is 16.5. The Kier molecular flexibility index (Phi) is 4.14. The van der Waals surface area contributed by atoms with Gasteiger partial charge in [-0.05, 0) is 12.1 Å². The minimum absolute atomic E-state index is 0.407. The van der Waals surface area contributed by atoms with E-state index in [1.807, 2.05) is 0 Å². The van der Waals surface area contributed by atoms with Crippen LogP contribution in [0, 0.1) is 0 Å². The van der Waals surface area contributed by atoms with E-state index in [9.17, 15) is 4.79 Å². The summed E-state index contributed by atoms with van der Waals surface area (Å²) < 4.78 is 10.2. The number of benzene rings is 1. The monoisotopic (exact) mass is 224 g/mol. The smallest absolute Gasteiger partial charge is 0.270 e. The Bertz CT molecular complexity index is 404. The molecule has 0 saturated heterocycles. The van der Waals surface area contributed by atoms with Crippen LogP contribution >= 0.6 is 0 Å². The maximum atomic E-state index is 11.2. The zero-order valence-electron chi connectivity index (χ0n) is 8.93. The predicted octanol–water partition coefficient (Wildman–Crippen LogP) is 1.10. The van der Waals surface area contributed by atoms with Crippen LogP contribution in [0.3, 0.4) is 0 Å². The number of hydrogen-bond donors (Lipinski definition) is 2. The van der Waals surface area contributed by atoms with E-state index in [-0.39, 0.29) is 0 Å². The number of nitrogens with zero attached hydrogens (tertiary/aromatic N) is 1. The fourth-order valence-corrected chi connectivity index (χ4v) is 1.20. The second-order valence-electron chi connectivity index (χ2n) is 2.77. The molecule has 0 heterocycles. The Morgan fingerprint density at radius 2 is 2.19 bits per heavy atom. The van der Waals surface area contributed by atoms with E-state index >= 15 is 0 Å². The van der Waals surface area contributed by atoms with Crippen LogP contribution in [-0.2, 0) is 4.79 Å². The molecule has 0 radical (unpaired) electrons. The molecule has 1 aromatic rings. The Morgan fingerprint density at radius 1 is 1.44 bits per heavy atom. The van der Waals surface area contributed by atoms with Crippen molar-refractivity contribution in [1.82, 2.24) is 0 Å². The molecule has 16 heavy (non-hydrogen) atoms. The normalized spacial score (nSPS) is 10.1. The predicted molar refractivity (Wildman–Crippen MR) is 58.5 cm³/mol. The van der Waals surface area contributed by atoms with Gasteiger partial charge in [0.1, 0.15) is 6.21 Å². The van der Waals surface area contributed by atoms with Crippen molar-refractivity contribution in [2.24, 2.45) is 5.16 Å². The number of hydrogen-bond acceptors (Lipinski definition) is 5. The molecule has 0 atom stereocenters. The standard InChI is InChI=1S/C10H12N2O4/c1-15-8-5-3-4-7(10(8)16-2)12-9(13)6-11-14/h3-6,14H,1-2H3,(H,12,13)/b11-6+. The molecule has 0 unspecified atom stereocenters. The molecule has 0 aliphatic carbocycles. The summed E-state index contributed by atoms with van der Waals surface area (Å²) in [4.78, 5) is 11.2. The molecule has 0 bridgehead atoms. The Balaban J connectivity index is 2.99. The van der Waals surface area contributed by atoms with Crippen LogP contribution in [0.2, 0.25) is 0 Å². The fraction of sp³-hybridized carbons (Fsp3) is 0.200. The number of oxime groups is 1. The first-order chi connectivity index (χ1) is 7.72. The molecule has 6 heteroatoms. The highest BCUT2D eigenvalue weighted by Gasteiger charge is 2.10. The van der Waals surface area contributed by atoms with Crippen LogP contribution in [0.1, 0.15) is 0 Å². The summed E-state index contributed by atoms with van der Waals surface area (Å²) in [6.45, 7) is 0. The third-order valence-electron chi connectivity index (χ3n) is 1.84. The molecule has 0 aliphatic rings. The van der Waals surface area contributed by atoms with Gasteiger partial charge in [-0.3, -0.25) is 4.79 Å². The molecule has 1 amide bonds. The van der Waals surface area contributed by atoms with Gasteiger partial charge in [0.25, 0.3) is 5.91 Å². The average Bonchev–Trinajstić information content (AvgIpc) is 2.29. The molecule has 6 nitrogen and oxygen atoms in total. The molecule has 0 spiro atoms. The van der Waals surface area contributed by atoms with Crippen LogP contribution in [0.5, 0.6) is 11.5 Å². The van der Waals surface area contributed by atoms with Crippen molar-refractivity contribution in [3.63, 3.8) is 0 Å². The number of rotatable bonds is 4. The van der Waals surface area contributed by atoms with Crippen molar-refractivity contribution in [1.29, 1.82) is 0 Å². The van der Waals surface area contributed by atoms with Gasteiger partial charge in [-0.15, -0.1) is 0 Å². The molecule has 2 N–H and O–H groups in total. The lowest BCUT2D eigenvalue weighted by atomic mass is 10.2. The summed E-state index contributed by atoms with van der Waals surface area (Å²) in [5.41, 5.74) is 0.437. The van der Waals surface area contributed by atoms with E-state index < -0.39 is 5.91 Å². The van der Waals surface area contributed by atoms with E-state index in [0.717, 1.165) is 6.21 Å². The summed E-state index contributed by atoms with van der Waals surface area (Å²) in [6, 6.07) is 5.05. The van der Waals surface area contributed by atoms with E-state index in [0.29, 0.717) is 17.2 Å². The molecule has 0 aromatic heterocycles. The molecule has 1 aromatic carbocycles. The number of anilines is 1. The molecule has 0 aliphatic heterocycles. The van der Waals surface area contributed by atoms with Gasteiger partial charge in [-0.2, -0.15) is 0 Å². The number of nitrogens with one attached hydrogen (secondary N) is 1. The first-order valence-corrected chi connectivity index (χ1v) is 4.42. The summed E-state index contributed by atoms with van der Waals surface area (Å²) in [5, 5.41) is 13.3. The van der Waals surface area contributed by atoms with Crippen LogP contribution in [0.4, 0.5) is 5.69 Å². The van der Waals surface area contributed by atoms with Gasteiger partial charge < -0.3 is 20.0 Å². The zero-order valence-corrected chi connectivity index (χ0v) is 8.93. The van der Waals surface area contributed by atoms with E-state index in [1.54, 1.807) is 18.2 Å². The fourth-order valence-electron chi connectivity index (χ4n) is 1.20. The quantitative estimate of drug-likeness (QED) is 0.456. The summed E-state index contributed by atoms with van der Waals surface area (Å²) in [7, 11) is 2.96. The minimum atomic E-state index is -0.561. The lowest BCUT2D eigenvalue weighted by Crippen LogP contribution is -2.13. The van der Waals surface area contributed by atoms with Crippen molar-refractivity contribution in [2.75, 3.05) is 19.5 Å². The topological polar surface area (TPSA) is 80.2 Å². The minimum Gasteiger partial charge on any atom is -0.493 e. The molecular weight excluding hydrogens is 212 g/mol. The third-order valence-corrected chi connectivity index (χ3v) is 1.84. The summed E-state index contributed by atoms with van der Waals surface area (Å²) >= 11 is 0. The second-order valence-corrected chi connectivity index (χ2v) is 2.77. The van der Waals surface area contributed by atoms with Gasteiger partial charge in [0.05, 0.1) is 19.9 Å². The van der Waals surface area contributed by atoms with Gasteiger partial charge in [-0.25, -0.2) is 0 Å². The molecule has 0 saturated carbocycles. The third kappa shape index (κ3) is 2.63. The summed E-state index contributed by atoms with van der Waals surface area (Å²) in [5.74, 6) is 0.347. The molecule has 0 fully saturated rings. The van der Waals surface area contributed by atoms with Gasteiger partial charge in [-0.1, -0.05) is 11.2 Å². The van der Waals surface area contributed by atoms with Crippen molar-refractivity contribution < 1.29 is 19.5 Å². The van der Waals surface area contributed by atoms with Crippen molar-refractivity contribution in [2.45, 2.75) is 0 Å². The van der Waals surface area contributed by atoms with Gasteiger partial charge in [0.2, 0.25) is 0 Å². The number of carbonyl (C=O) groups excluding carboxylic acids is 1. The maximum absolute atomic E-state index is 11.2. The summed E-state index contributed by atoms with van der Waals surface area (Å²) in [6.07, 6.45) is 0.749. The van der Waals surface area contributed by atoms with E-state index in [4.69, 9.17) is 14.7 Å². The van der Waals surface area contributed by atoms with Crippen LogP contribution in [0.15, 0.2) is 23.4 Å².